The Hall–Kier alpha value is -3.58. The summed E-state index contributed by atoms with van der Waals surface area (Å²) >= 11 is 0. The van der Waals surface area contributed by atoms with Gasteiger partial charge in [-0.2, -0.15) is 0 Å². The second kappa shape index (κ2) is 5.46. The van der Waals surface area contributed by atoms with Crippen LogP contribution in [0.1, 0.15) is 0 Å². The van der Waals surface area contributed by atoms with E-state index in [1.54, 1.807) is 0 Å². The van der Waals surface area contributed by atoms with Crippen LogP contribution in [0, 0.1) is 0 Å². The third kappa shape index (κ3) is 2.18. The van der Waals surface area contributed by atoms with Crippen molar-refractivity contribution in [3.8, 4) is 11.1 Å². The van der Waals surface area contributed by atoms with Crippen LogP contribution in [0.3, 0.4) is 0 Å². The van der Waals surface area contributed by atoms with Crippen LogP contribution in [-0.4, -0.2) is 0 Å². The molecule has 0 aliphatic rings. The van der Waals surface area contributed by atoms with Crippen molar-refractivity contribution in [1.82, 2.24) is 0 Å². The molecule has 27 heavy (non-hydrogen) atoms. The van der Waals surface area contributed by atoms with Crippen LogP contribution in [-0.2, 0) is 0 Å². The maximum atomic E-state index is 6.02. The van der Waals surface area contributed by atoms with Gasteiger partial charge in [0, 0.05) is 10.8 Å². The second-order valence-electron chi connectivity index (χ2n) is 7.03. The smallest absolute Gasteiger partial charge is 0.136 e. The predicted molar refractivity (Wildman–Crippen MR) is 114 cm³/mol. The number of hydrogen-bond acceptors (Lipinski definition) is 1. The van der Waals surface area contributed by atoms with Gasteiger partial charge in [-0.05, 0) is 56.9 Å². The van der Waals surface area contributed by atoms with Crippen LogP contribution >= 0.6 is 0 Å². The Bertz CT molecular complexity index is 1470. The van der Waals surface area contributed by atoms with Crippen molar-refractivity contribution >= 4 is 43.5 Å². The monoisotopic (exact) mass is 344 g/mol. The molecule has 0 saturated heterocycles. The van der Waals surface area contributed by atoms with Gasteiger partial charge in [0.15, 0.2) is 0 Å². The Labute approximate surface area is 156 Å². The van der Waals surface area contributed by atoms with Gasteiger partial charge in [-0.25, -0.2) is 0 Å². The first-order chi connectivity index (χ1) is 13.4. The average molecular weight is 344 g/mol. The molecular weight excluding hydrogens is 328 g/mol. The average Bonchev–Trinajstić information content (AvgIpc) is 3.12. The number of para-hydroxylation sites is 1. The Morgan fingerprint density at radius 3 is 2.07 bits per heavy atom. The Kier molecular flexibility index (Phi) is 2.95. The van der Waals surface area contributed by atoms with Crippen molar-refractivity contribution in [1.29, 1.82) is 0 Å². The van der Waals surface area contributed by atoms with Gasteiger partial charge in [0.2, 0.25) is 0 Å². The zero-order valence-corrected chi connectivity index (χ0v) is 14.6. The molecule has 0 spiro atoms. The lowest BCUT2D eigenvalue weighted by Crippen LogP contribution is -1.81. The molecule has 126 valence electrons. The number of fused-ring (bicyclic) bond motifs is 6. The summed E-state index contributed by atoms with van der Waals surface area (Å²) in [5.74, 6) is 0. The lowest BCUT2D eigenvalue weighted by Gasteiger charge is -2.07. The minimum absolute atomic E-state index is 0.943. The van der Waals surface area contributed by atoms with Crippen molar-refractivity contribution in [3.05, 3.63) is 97.1 Å². The van der Waals surface area contributed by atoms with Crippen LogP contribution in [0.2, 0.25) is 0 Å². The van der Waals surface area contributed by atoms with Crippen LogP contribution < -0.4 is 0 Å². The lowest BCUT2D eigenvalue weighted by molar-refractivity contribution is 0.669. The van der Waals surface area contributed by atoms with Crippen molar-refractivity contribution < 1.29 is 4.42 Å². The fraction of sp³-hybridized carbons (Fsp3) is 0. The first kappa shape index (κ1) is 14.6. The first-order valence-electron chi connectivity index (χ1n) is 9.20. The molecule has 0 bridgehead atoms. The third-order valence-corrected chi connectivity index (χ3v) is 5.44. The maximum Gasteiger partial charge on any atom is 0.136 e. The molecule has 5 aromatic carbocycles. The molecule has 0 unspecified atom stereocenters. The summed E-state index contributed by atoms with van der Waals surface area (Å²) in [6, 6.07) is 34.4. The molecule has 0 radical (unpaired) electrons. The molecule has 1 nitrogen and oxygen atoms in total. The number of hydrogen-bond donors (Lipinski definition) is 0. The summed E-state index contributed by atoms with van der Waals surface area (Å²) in [6.07, 6.45) is 0. The predicted octanol–water partition coefficient (Wildman–Crippen LogP) is 7.56. The van der Waals surface area contributed by atoms with Gasteiger partial charge in [0.25, 0.3) is 0 Å². The van der Waals surface area contributed by atoms with Crippen LogP contribution in [0.4, 0.5) is 0 Å². The van der Waals surface area contributed by atoms with Gasteiger partial charge in [-0.1, -0.05) is 72.8 Å². The van der Waals surface area contributed by atoms with Gasteiger partial charge in [0.05, 0.1) is 0 Å². The van der Waals surface area contributed by atoms with E-state index in [2.05, 4.69) is 84.9 Å². The molecule has 1 aromatic heterocycles. The summed E-state index contributed by atoms with van der Waals surface area (Å²) in [5, 5.41) is 7.39. The molecular formula is C26H16O. The van der Waals surface area contributed by atoms with Gasteiger partial charge in [-0.3, -0.25) is 0 Å². The highest BCUT2D eigenvalue weighted by Gasteiger charge is 2.10. The Morgan fingerprint density at radius 1 is 0.444 bits per heavy atom. The number of benzene rings is 5. The van der Waals surface area contributed by atoms with Crippen molar-refractivity contribution in [2.75, 3.05) is 0 Å². The van der Waals surface area contributed by atoms with Gasteiger partial charge < -0.3 is 4.42 Å². The topological polar surface area (TPSA) is 13.1 Å². The van der Waals surface area contributed by atoms with E-state index in [0.29, 0.717) is 0 Å². The summed E-state index contributed by atoms with van der Waals surface area (Å²) in [4.78, 5) is 0. The van der Waals surface area contributed by atoms with Crippen LogP contribution in [0.15, 0.2) is 101 Å². The summed E-state index contributed by atoms with van der Waals surface area (Å²) < 4.78 is 6.02. The summed E-state index contributed by atoms with van der Waals surface area (Å²) in [6.45, 7) is 0. The minimum Gasteiger partial charge on any atom is -0.456 e. The number of furan rings is 1. The molecule has 6 rings (SSSR count). The largest absolute Gasteiger partial charge is 0.456 e. The molecule has 1 heterocycles. The highest BCUT2D eigenvalue weighted by Crippen LogP contribution is 2.36. The Balaban J connectivity index is 1.60. The fourth-order valence-corrected chi connectivity index (χ4v) is 4.10. The molecule has 6 aromatic rings. The normalized spacial score (nSPS) is 11.7. The molecule has 0 amide bonds. The van der Waals surface area contributed by atoms with E-state index in [1.165, 1.54) is 43.4 Å². The second-order valence-corrected chi connectivity index (χ2v) is 7.03. The highest BCUT2D eigenvalue weighted by molar-refractivity contribution is 6.19. The Morgan fingerprint density at radius 2 is 1.15 bits per heavy atom. The third-order valence-electron chi connectivity index (χ3n) is 5.44. The van der Waals surface area contributed by atoms with Crippen LogP contribution in [0.25, 0.3) is 54.6 Å². The fourth-order valence-electron chi connectivity index (χ4n) is 4.10. The van der Waals surface area contributed by atoms with Crippen LogP contribution in [0.5, 0.6) is 0 Å². The number of rotatable bonds is 1. The van der Waals surface area contributed by atoms with E-state index in [4.69, 9.17) is 4.42 Å². The summed E-state index contributed by atoms with van der Waals surface area (Å²) in [5.41, 5.74) is 4.37. The molecule has 0 atom stereocenters. The van der Waals surface area contributed by atoms with E-state index >= 15 is 0 Å². The first-order valence-corrected chi connectivity index (χ1v) is 9.20. The molecule has 0 fully saturated rings. The zero-order chi connectivity index (χ0) is 17.8. The van der Waals surface area contributed by atoms with Gasteiger partial charge in [0.1, 0.15) is 11.2 Å². The molecule has 0 saturated carbocycles. The standard InChI is InChI=1S/C26H16O/c1-2-6-18-15-19(10-9-17(18)5-1)20-11-13-22-21(16-20)12-14-25-26(22)23-7-3-4-8-24(23)27-25/h1-16H. The lowest BCUT2D eigenvalue weighted by atomic mass is 9.97. The molecule has 0 N–H and O–H groups in total. The quantitative estimate of drug-likeness (QED) is 0.300. The SMILES string of the molecule is c1ccc2cc(-c3ccc4c(ccc5oc6ccccc6c54)c3)ccc2c1. The molecule has 0 aliphatic carbocycles. The van der Waals surface area contributed by atoms with E-state index in [0.717, 1.165) is 11.2 Å². The molecule has 1 heteroatoms. The van der Waals surface area contributed by atoms with Gasteiger partial charge >= 0.3 is 0 Å². The van der Waals surface area contributed by atoms with E-state index in [1.807, 2.05) is 12.1 Å². The maximum absolute atomic E-state index is 6.02. The van der Waals surface area contributed by atoms with Crippen molar-refractivity contribution in [2.45, 2.75) is 0 Å². The molecule has 0 aliphatic heterocycles. The van der Waals surface area contributed by atoms with E-state index in [-0.39, 0.29) is 0 Å². The zero-order valence-electron chi connectivity index (χ0n) is 14.6. The van der Waals surface area contributed by atoms with Crippen molar-refractivity contribution in [3.63, 3.8) is 0 Å². The summed E-state index contributed by atoms with van der Waals surface area (Å²) in [7, 11) is 0. The van der Waals surface area contributed by atoms with Gasteiger partial charge in [-0.15, -0.1) is 0 Å². The highest BCUT2D eigenvalue weighted by atomic mass is 16.3. The minimum atomic E-state index is 0.943. The van der Waals surface area contributed by atoms with E-state index in [9.17, 15) is 0 Å². The van der Waals surface area contributed by atoms with E-state index < -0.39 is 0 Å². The van der Waals surface area contributed by atoms with Crippen molar-refractivity contribution in [2.24, 2.45) is 0 Å².